The van der Waals surface area contributed by atoms with Crippen LogP contribution in [0.2, 0.25) is 0 Å². The third-order valence-corrected chi connectivity index (χ3v) is 3.05. The van der Waals surface area contributed by atoms with Gasteiger partial charge in [0.05, 0.1) is 0 Å². The zero-order valence-electron chi connectivity index (χ0n) is 8.71. The van der Waals surface area contributed by atoms with Crippen LogP contribution in [0, 0.1) is 5.82 Å². The quantitative estimate of drug-likeness (QED) is 0.645. The molecule has 0 unspecified atom stereocenters. The van der Waals surface area contributed by atoms with Gasteiger partial charge in [-0.15, -0.1) is 5.10 Å². The van der Waals surface area contributed by atoms with Crippen LogP contribution >= 0.6 is 11.8 Å². The summed E-state index contributed by atoms with van der Waals surface area (Å²) >= 11 is 1.26. The van der Waals surface area contributed by atoms with E-state index < -0.39 is 5.56 Å². The highest BCUT2D eigenvalue weighted by Crippen LogP contribution is 2.18. The van der Waals surface area contributed by atoms with Crippen LogP contribution in [0.25, 0.3) is 0 Å². The second-order valence-electron chi connectivity index (χ2n) is 3.25. The molecule has 17 heavy (non-hydrogen) atoms. The number of nitrogens with two attached hydrogens (primary N) is 1. The number of nitrogen functional groups attached to an aromatic ring is 1. The zero-order valence-corrected chi connectivity index (χ0v) is 9.52. The summed E-state index contributed by atoms with van der Waals surface area (Å²) in [4.78, 5) is 11.2. The maximum absolute atomic E-state index is 12.7. The molecule has 0 aliphatic carbocycles. The number of rotatable bonds is 3. The number of hydrogen-bond acceptors (Lipinski definition) is 5. The molecule has 0 aliphatic heterocycles. The lowest BCUT2D eigenvalue weighted by molar-refractivity contribution is 0.627. The van der Waals surface area contributed by atoms with Gasteiger partial charge in [-0.05, 0) is 17.7 Å². The third kappa shape index (κ3) is 2.82. The summed E-state index contributed by atoms with van der Waals surface area (Å²) in [6.45, 7) is 0. The Morgan fingerprint density at radius 1 is 1.35 bits per heavy atom. The minimum atomic E-state index is -0.415. The van der Waals surface area contributed by atoms with Crippen LogP contribution in [0.15, 0.2) is 40.4 Å². The van der Waals surface area contributed by atoms with Gasteiger partial charge in [0.1, 0.15) is 12.0 Å². The fourth-order valence-electron chi connectivity index (χ4n) is 1.16. The zero-order chi connectivity index (χ0) is 12.3. The van der Waals surface area contributed by atoms with E-state index in [1.54, 1.807) is 12.1 Å². The SMILES string of the molecule is Nn1c(SCc2ccc(F)cc2)nncc1=O. The minimum Gasteiger partial charge on any atom is -0.334 e. The molecule has 5 nitrogen and oxygen atoms in total. The van der Waals surface area contributed by atoms with E-state index in [1.807, 2.05) is 0 Å². The molecule has 0 saturated heterocycles. The summed E-state index contributed by atoms with van der Waals surface area (Å²) in [5.41, 5.74) is 0.496. The molecule has 88 valence electrons. The smallest absolute Gasteiger partial charge is 0.291 e. The normalized spacial score (nSPS) is 10.4. The summed E-state index contributed by atoms with van der Waals surface area (Å²) in [6, 6.07) is 6.08. The summed E-state index contributed by atoms with van der Waals surface area (Å²) < 4.78 is 13.6. The lowest BCUT2D eigenvalue weighted by Crippen LogP contribution is -2.29. The number of aromatic nitrogens is 3. The van der Waals surface area contributed by atoms with E-state index in [0.29, 0.717) is 10.9 Å². The number of nitrogens with zero attached hydrogens (tertiary/aromatic N) is 3. The standard InChI is InChI=1S/C10H9FN4OS/c11-8-3-1-7(2-4-8)6-17-10-14-13-5-9(16)15(10)12/h1-5H,6,12H2. The molecule has 1 aromatic carbocycles. The second-order valence-corrected chi connectivity index (χ2v) is 4.19. The van der Waals surface area contributed by atoms with Crippen molar-refractivity contribution in [1.29, 1.82) is 0 Å². The maximum atomic E-state index is 12.7. The van der Waals surface area contributed by atoms with E-state index in [9.17, 15) is 9.18 Å². The van der Waals surface area contributed by atoms with Crippen molar-refractivity contribution in [1.82, 2.24) is 14.9 Å². The molecule has 1 aromatic heterocycles. The molecule has 0 bridgehead atoms. The van der Waals surface area contributed by atoms with Gasteiger partial charge in [-0.1, -0.05) is 23.9 Å². The summed E-state index contributed by atoms with van der Waals surface area (Å²) in [6.07, 6.45) is 1.04. The monoisotopic (exact) mass is 252 g/mol. The Hall–Kier alpha value is -1.89. The molecular formula is C10H9FN4OS. The summed E-state index contributed by atoms with van der Waals surface area (Å²) in [5, 5.41) is 7.60. The van der Waals surface area contributed by atoms with Crippen molar-refractivity contribution >= 4 is 11.8 Å². The van der Waals surface area contributed by atoms with Crippen LogP contribution in [0.5, 0.6) is 0 Å². The van der Waals surface area contributed by atoms with Gasteiger partial charge in [0.25, 0.3) is 5.56 Å². The van der Waals surface area contributed by atoms with Crippen molar-refractivity contribution in [2.24, 2.45) is 0 Å². The average Bonchev–Trinajstić information content (AvgIpc) is 2.33. The molecule has 0 aliphatic rings. The highest BCUT2D eigenvalue weighted by Gasteiger charge is 2.04. The Labute approximate surface area is 100 Å². The van der Waals surface area contributed by atoms with Crippen molar-refractivity contribution in [3.63, 3.8) is 0 Å². The Morgan fingerprint density at radius 2 is 2.06 bits per heavy atom. The first kappa shape index (κ1) is 11.6. The van der Waals surface area contributed by atoms with E-state index >= 15 is 0 Å². The molecular weight excluding hydrogens is 243 g/mol. The molecule has 2 rings (SSSR count). The molecule has 2 N–H and O–H groups in total. The maximum Gasteiger partial charge on any atom is 0.291 e. The van der Waals surface area contributed by atoms with Gasteiger partial charge in [0, 0.05) is 5.75 Å². The first-order chi connectivity index (χ1) is 8.16. The van der Waals surface area contributed by atoms with Gasteiger partial charge in [-0.2, -0.15) is 9.77 Å². The highest BCUT2D eigenvalue weighted by molar-refractivity contribution is 7.98. The van der Waals surface area contributed by atoms with E-state index in [1.165, 1.54) is 23.9 Å². The van der Waals surface area contributed by atoms with Gasteiger partial charge in [0.15, 0.2) is 0 Å². The van der Waals surface area contributed by atoms with Crippen molar-refractivity contribution in [2.45, 2.75) is 10.9 Å². The lowest BCUT2D eigenvalue weighted by atomic mass is 10.2. The lowest BCUT2D eigenvalue weighted by Gasteiger charge is -2.04. The molecule has 0 saturated carbocycles. The number of benzene rings is 1. The second kappa shape index (κ2) is 4.96. The summed E-state index contributed by atoms with van der Waals surface area (Å²) in [7, 11) is 0. The molecule has 0 spiro atoms. The molecule has 7 heteroatoms. The fraction of sp³-hybridized carbons (Fsp3) is 0.100. The van der Waals surface area contributed by atoms with Gasteiger partial charge in [-0.25, -0.2) is 4.39 Å². The Kier molecular flexibility index (Phi) is 3.38. The van der Waals surface area contributed by atoms with E-state index in [2.05, 4.69) is 10.2 Å². The van der Waals surface area contributed by atoms with Crippen LogP contribution in [-0.4, -0.2) is 14.9 Å². The molecule has 1 heterocycles. The Morgan fingerprint density at radius 3 is 2.76 bits per heavy atom. The highest BCUT2D eigenvalue weighted by atomic mass is 32.2. The van der Waals surface area contributed by atoms with Gasteiger partial charge in [-0.3, -0.25) is 4.79 Å². The first-order valence-corrected chi connectivity index (χ1v) is 5.72. The van der Waals surface area contributed by atoms with Gasteiger partial charge in [0.2, 0.25) is 5.16 Å². The van der Waals surface area contributed by atoms with Crippen molar-refractivity contribution < 1.29 is 4.39 Å². The molecule has 0 radical (unpaired) electrons. The third-order valence-electron chi connectivity index (χ3n) is 2.04. The van der Waals surface area contributed by atoms with Crippen LogP contribution in [-0.2, 0) is 5.75 Å². The average molecular weight is 252 g/mol. The molecule has 2 aromatic rings. The van der Waals surface area contributed by atoms with E-state index in [-0.39, 0.29) is 5.82 Å². The van der Waals surface area contributed by atoms with Crippen LogP contribution in [0.4, 0.5) is 4.39 Å². The number of hydrogen-bond donors (Lipinski definition) is 1. The van der Waals surface area contributed by atoms with E-state index in [4.69, 9.17) is 5.84 Å². The van der Waals surface area contributed by atoms with Crippen molar-refractivity contribution in [2.75, 3.05) is 5.84 Å². The van der Waals surface area contributed by atoms with Crippen LogP contribution in [0.1, 0.15) is 5.56 Å². The Balaban J connectivity index is 2.10. The van der Waals surface area contributed by atoms with Gasteiger partial charge < -0.3 is 5.84 Å². The number of halogens is 1. The van der Waals surface area contributed by atoms with Crippen molar-refractivity contribution in [3.8, 4) is 0 Å². The predicted octanol–water partition coefficient (Wildman–Crippen LogP) is 0.784. The largest absolute Gasteiger partial charge is 0.334 e. The fourth-order valence-corrected chi connectivity index (χ4v) is 1.98. The van der Waals surface area contributed by atoms with Gasteiger partial charge >= 0.3 is 0 Å². The molecule has 0 fully saturated rings. The minimum absolute atomic E-state index is 0.283. The van der Waals surface area contributed by atoms with Crippen LogP contribution < -0.4 is 11.4 Å². The van der Waals surface area contributed by atoms with Crippen LogP contribution in [0.3, 0.4) is 0 Å². The van der Waals surface area contributed by atoms with Crippen molar-refractivity contribution in [3.05, 3.63) is 52.2 Å². The Bertz CT molecular complexity index is 569. The first-order valence-electron chi connectivity index (χ1n) is 4.74. The predicted molar refractivity (Wildman–Crippen MR) is 62.4 cm³/mol. The number of thioether (sulfide) groups is 1. The molecule has 0 atom stereocenters. The molecule has 0 amide bonds. The topological polar surface area (TPSA) is 73.8 Å². The van der Waals surface area contributed by atoms with E-state index in [0.717, 1.165) is 16.4 Å². The summed E-state index contributed by atoms with van der Waals surface area (Å²) in [5.74, 6) is 5.75.